The van der Waals surface area contributed by atoms with Crippen LogP contribution in [0.15, 0.2) is 17.1 Å². The number of esters is 1. The van der Waals surface area contributed by atoms with Gasteiger partial charge in [-0.3, -0.25) is 9.79 Å². The van der Waals surface area contributed by atoms with Crippen molar-refractivity contribution in [1.29, 1.82) is 0 Å². The molecule has 112 valence electrons. The molecule has 1 heterocycles. The molecule has 1 rings (SSSR count). The Labute approximate surface area is 119 Å². The monoisotopic (exact) mass is 281 g/mol. The summed E-state index contributed by atoms with van der Waals surface area (Å²) in [5, 5.41) is 8.58. The topological polar surface area (TPSA) is 76.0 Å². The van der Waals surface area contributed by atoms with E-state index in [1.807, 2.05) is 20.8 Å². The average Bonchev–Trinajstić information content (AvgIpc) is 2.76. The first-order valence-corrected chi connectivity index (χ1v) is 6.93. The molecule has 0 aromatic heterocycles. The van der Waals surface area contributed by atoms with E-state index in [1.54, 1.807) is 18.4 Å². The van der Waals surface area contributed by atoms with E-state index in [-0.39, 0.29) is 12.4 Å². The number of hydrogen-bond acceptors (Lipinski definition) is 4. The number of ether oxygens (including phenoxy) is 1. The van der Waals surface area contributed by atoms with Crippen LogP contribution < -0.4 is 0 Å². The number of carboxylic acids is 1. The van der Waals surface area contributed by atoms with Gasteiger partial charge in [-0.05, 0) is 45.8 Å². The zero-order chi connectivity index (χ0) is 15.2. The van der Waals surface area contributed by atoms with Gasteiger partial charge in [0.2, 0.25) is 0 Å². The molecule has 0 spiro atoms. The first kappa shape index (κ1) is 16.4. The highest BCUT2D eigenvalue weighted by molar-refractivity contribution is 5.91. The highest BCUT2D eigenvalue weighted by Gasteiger charge is 2.39. The Morgan fingerprint density at radius 1 is 1.25 bits per heavy atom. The Balaban J connectivity index is 2.52. The van der Waals surface area contributed by atoms with Gasteiger partial charge < -0.3 is 9.84 Å². The maximum Gasteiger partial charge on any atom is 0.338 e. The van der Waals surface area contributed by atoms with Crippen molar-refractivity contribution in [3.8, 4) is 0 Å². The number of allylic oxidation sites excluding steroid dienone is 1. The van der Waals surface area contributed by atoms with Crippen molar-refractivity contribution in [2.24, 2.45) is 4.99 Å². The molecule has 5 heteroatoms. The van der Waals surface area contributed by atoms with Gasteiger partial charge >= 0.3 is 11.9 Å². The number of carbonyl (C=O) groups is 2. The summed E-state index contributed by atoms with van der Waals surface area (Å²) in [7, 11) is 0. The largest absolute Gasteiger partial charge is 0.481 e. The Morgan fingerprint density at radius 2 is 1.95 bits per heavy atom. The van der Waals surface area contributed by atoms with Crippen LogP contribution in [0.2, 0.25) is 0 Å². The van der Waals surface area contributed by atoms with Crippen molar-refractivity contribution in [2.75, 3.05) is 0 Å². The fraction of sp³-hybridized carbons (Fsp3) is 0.667. The van der Waals surface area contributed by atoms with Gasteiger partial charge in [0.05, 0.1) is 0 Å². The molecule has 0 aliphatic carbocycles. The van der Waals surface area contributed by atoms with Crippen LogP contribution in [0.4, 0.5) is 0 Å². The Bertz CT molecular complexity index is 406. The van der Waals surface area contributed by atoms with E-state index in [0.717, 1.165) is 12.8 Å². The molecule has 0 saturated heterocycles. The second-order valence-electron chi connectivity index (χ2n) is 6.02. The molecule has 0 radical (unpaired) electrons. The van der Waals surface area contributed by atoms with Crippen LogP contribution >= 0.6 is 0 Å². The second-order valence-corrected chi connectivity index (χ2v) is 6.02. The quantitative estimate of drug-likeness (QED) is 0.575. The highest BCUT2D eigenvalue weighted by atomic mass is 16.6. The second kappa shape index (κ2) is 6.68. The summed E-state index contributed by atoms with van der Waals surface area (Å²) in [4.78, 5) is 27.0. The van der Waals surface area contributed by atoms with E-state index in [9.17, 15) is 9.59 Å². The van der Waals surface area contributed by atoms with Crippen molar-refractivity contribution in [3.05, 3.63) is 12.2 Å². The SMILES string of the molecule is CC(C)(C)OC(=O)C1(CCCCCC(=O)O)C=CC=N1. The van der Waals surface area contributed by atoms with Gasteiger partial charge in [-0.2, -0.15) is 0 Å². The minimum absolute atomic E-state index is 0.165. The predicted octanol–water partition coefficient (Wildman–Crippen LogP) is 2.74. The molecule has 0 fully saturated rings. The summed E-state index contributed by atoms with van der Waals surface area (Å²) in [6.07, 6.45) is 7.97. The number of carbonyl (C=O) groups excluding carboxylic acids is 1. The zero-order valence-corrected chi connectivity index (χ0v) is 12.4. The normalized spacial score (nSPS) is 21.1. The number of aliphatic imine (C=N–C) groups is 1. The lowest BCUT2D eigenvalue weighted by atomic mass is 9.93. The molecule has 0 amide bonds. The Kier molecular flexibility index (Phi) is 5.48. The van der Waals surface area contributed by atoms with E-state index >= 15 is 0 Å². The fourth-order valence-electron chi connectivity index (χ4n) is 2.01. The number of hydrogen-bond donors (Lipinski definition) is 1. The van der Waals surface area contributed by atoms with Crippen molar-refractivity contribution in [1.82, 2.24) is 0 Å². The van der Waals surface area contributed by atoms with Crippen molar-refractivity contribution in [3.63, 3.8) is 0 Å². The number of aliphatic carboxylic acids is 1. The molecule has 1 aliphatic heterocycles. The third-order valence-corrected chi connectivity index (χ3v) is 2.96. The molecular formula is C15H23NO4. The van der Waals surface area contributed by atoms with Crippen LogP contribution in [0.1, 0.15) is 52.9 Å². The van der Waals surface area contributed by atoms with E-state index in [1.165, 1.54) is 0 Å². The minimum atomic E-state index is -0.920. The molecule has 0 bridgehead atoms. The van der Waals surface area contributed by atoms with Gasteiger partial charge in [-0.25, -0.2) is 4.79 Å². The molecule has 1 unspecified atom stereocenters. The lowest BCUT2D eigenvalue weighted by Gasteiger charge is -2.28. The van der Waals surface area contributed by atoms with Crippen LogP contribution in [-0.2, 0) is 14.3 Å². The third-order valence-electron chi connectivity index (χ3n) is 2.96. The minimum Gasteiger partial charge on any atom is -0.481 e. The van der Waals surface area contributed by atoms with Gasteiger partial charge in [0.25, 0.3) is 0 Å². The van der Waals surface area contributed by atoms with Crippen LogP contribution in [0.5, 0.6) is 0 Å². The Morgan fingerprint density at radius 3 is 2.45 bits per heavy atom. The maximum absolute atomic E-state index is 12.3. The summed E-state index contributed by atoms with van der Waals surface area (Å²) in [6.45, 7) is 5.48. The van der Waals surface area contributed by atoms with Crippen LogP contribution in [0.3, 0.4) is 0 Å². The van der Waals surface area contributed by atoms with Crippen LogP contribution in [-0.4, -0.2) is 34.4 Å². The van der Waals surface area contributed by atoms with E-state index in [0.29, 0.717) is 12.8 Å². The maximum atomic E-state index is 12.3. The van der Waals surface area contributed by atoms with Gasteiger partial charge in [0, 0.05) is 12.6 Å². The molecule has 1 N–H and O–H groups in total. The number of nitrogens with zero attached hydrogens (tertiary/aromatic N) is 1. The van der Waals surface area contributed by atoms with E-state index in [2.05, 4.69) is 4.99 Å². The molecule has 0 aromatic rings. The Hall–Kier alpha value is -1.65. The average molecular weight is 281 g/mol. The molecular weight excluding hydrogens is 258 g/mol. The molecule has 1 atom stereocenters. The lowest BCUT2D eigenvalue weighted by Crippen LogP contribution is -2.39. The first-order valence-electron chi connectivity index (χ1n) is 6.93. The summed E-state index contributed by atoms with van der Waals surface area (Å²) in [5.41, 5.74) is -1.46. The molecule has 20 heavy (non-hydrogen) atoms. The van der Waals surface area contributed by atoms with E-state index < -0.39 is 17.1 Å². The fourth-order valence-corrected chi connectivity index (χ4v) is 2.01. The van der Waals surface area contributed by atoms with Crippen molar-refractivity contribution < 1.29 is 19.4 Å². The van der Waals surface area contributed by atoms with Crippen LogP contribution in [0.25, 0.3) is 0 Å². The number of rotatable bonds is 7. The standard InChI is InChI=1S/C15H23NO4/c1-14(2,3)20-13(19)15(10-7-11-16-15)9-6-4-5-8-12(17)18/h7,10-11H,4-6,8-9H2,1-3H3,(H,17,18). The summed E-state index contributed by atoms with van der Waals surface area (Å²) >= 11 is 0. The van der Waals surface area contributed by atoms with E-state index in [4.69, 9.17) is 9.84 Å². The molecule has 5 nitrogen and oxygen atoms in total. The first-order chi connectivity index (χ1) is 9.25. The lowest BCUT2D eigenvalue weighted by molar-refractivity contribution is -0.159. The molecule has 0 aromatic carbocycles. The van der Waals surface area contributed by atoms with Gasteiger partial charge in [0.1, 0.15) is 5.60 Å². The summed E-state index contributed by atoms with van der Waals surface area (Å²) in [6, 6.07) is 0. The summed E-state index contributed by atoms with van der Waals surface area (Å²) in [5.74, 6) is -1.13. The molecule has 1 aliphatic rings. The highest BCUT2D eigenvalue weighted by Crippen LogP contribution is 2.28. The number of carboxylic acid groups (broad SMARTS) is 1. The number of unbranched alkanes of at least 4 members (excludes halogenated alkanes) is 2. The van der Waals surface area contributed by atoms with Gasteiger partial charge in [-0.15, -0.1) is 0 Å². The summed E-state index contributed by atoms with van der Waals surface area (Å²) < 4.78 is 5.42. The van der Waals surface area contributed by atoms with Crippen molar-refractivity contribution in [2.45, 2.75) is 64.0 Å². The smallest absolute Gasteiger partial charge is 0.338 e. The van der Waals surface area contributed by atoms with Gasteiger partial charge in [0.15, 0.2) is 5.54 Å². The molecule has 0 saturated carbocycles. The van der Waals surface area contributed by atoms with Crippen molar-refractivity contribution >= 4 is 18.2 Å². The zero-order valence-electron chi connectivity index (χ0n) is 12.4. The van der Waals surface area contributed by atoms with Gasteiger partial charge in [-0.1, -0.05) is 12.8 Å². The predicted molar refractivity (Wildman–Crippen MR) is 76.9 cm³/mol. The van der Waals surface area contributed by atoms with Crippen LogP contribution in [0, 0.1) is 0 Å². The third kappa shape index (κ3) is 5.15.